The number of esters is 1. The average molecular weight is 477 g/mol. The first kappa shape index (κ1) is 23.6. The summed E-state index contributed by atoms with van der Waals surface area (Å²) < 4.78 is 68.5. The topological polar surface area (TPSA) is 127 Å². The van der Waals surface area contributed by atoms with Crippen molar-refractivity contribution in [3.05, 3.63) is 30.1 Å². The molecule has 1 amide bonds. The van der Waals surface area contributed by atoms with Crippen LogP contribution in [0, 0.1) is 11.7 Å². The summed E-state index contributed by atoms with van der Waals surface area (Å²) in [6, 6.07) is 4.61. The van der Waals surface area contributed by atoms with E-state index in [4.69, 9.17) is 4.74 Å². The van der Waals surface area contributed by atoms with Gasteiger partial charge in [0.1, 0.15) is 10.7 Å². The molecule has 2 unspecified atom stereocenters. The first-order chi connectivity index (χ1) is 14.5. The van der Waals surface area contributed by atoms with E-state index in [9.17, 15) is 30.8 Å². The Morgan fingerprint density at radius 2 is 1.84 bits per heavy atom. The number of sulfonamides is 1. The van der Waals surface area contributed by atoms with Crippen molar-refractivity contribution in [2.75, 3.05) is 24.6 Å². The Kier molecular flexibility index (Phi) is 7.01. The van der Waals surface area contributed by atoms with E-state index < -0.39 is 60.5 Å². The van der Waals surface area contributed by atoms with Crippen LogP contribution in [0.15, 0.2) is 29.2 Å². The molecule has 2 fully saturated rings. The van der Waals surface area contributed by atoms with Crippen molar-refractivity contribution in [3.8, 4) is 0 Å². The van der Waals surface area contributed by atoms with Crippen molar-refractivity contribution in [2.24, 2.45) is 5.92 Å². The molecule has 2 aliphatic heterocycles. The molecular formula is C19H25FN2O7S2. The quantitative estimate of drug-likeness (QED) is 0.591. The number of nitrogens with zero attached hydrogens (tertiary/aromatic N) is 1. The third kappa shape index (κ3) is 5.60. The maximum Gasteiger partial charge on any atom is 0.309 e. The minimum Gasteiger partial charge on any atom is -0.452 e. The summed E-state index contributed by atoms with van der Waals surface area (Å²) in [6.45, 7) is 1.45. The molecule has 9 nitrogen and oxygen atoms in total. The lowest BCUT2D eigenvalue weighted by Crippen LogP contribution is -2.44. The number of sulfone groups is 1. The van der Waals surface area contributed by atoms with Gasteiger partial charge in [-0.2, -0.15) is 4.31 Å². The van der Waals surface area contributed by atoms with E-state index in [1.165, 1.54) is 25.1 Å². The summed E-state index contributed by atoms with van der Waals surface area (Å²) in [5.74, 6) is -2.73. The molecule has 1 aromatic carbocycles. The van der Waals surface area contributed by atoms with Gasteiger partial charge in [0.2, 0.25) is 10.0 Å². The van der Waals surface area contributed by atoms with Gasteiger partial charge in [-0.3, -0.25) is 9.59 Å². The Morgan fingerprint density at radius 1 is 1.19 bits per heavy atom. The number of ether oxygens (including phenoxy) is 1. The number of piperidine rings is 1. The number of hydrogen-bond donors (Lipinski definition) is 1. The highest BCUT2D eigenvalue weighted by molar-refractivity contribution is 7.91. The molecule has 1 aromatic rings. The standard InChI is InChI=1S/C19H25FN2O7S2/c1-13(18(23)21-15-8-11-30(25,26)12-15)29-19(24)14-6-9-22(10-7-14)31(27,28)17-5-3-2-4-16(17)20/h2-5,13-15H,6-12H2,1H3,(H,21,23). The highest BCUT2D eigenvalue weighted by Gasteiger charge is 2.35. The van der Waals surface area contributed by atoms with Gasteiger partial charge in [-0.05, 0) is 38.3 Å². The maximum absolute atomic E-state index is 13.9. The first-order valence-electron chi connectivity index (χ1n) is 9.95. The smallest absolute Gasteiger partial charge is 0.309 e. The number of hydrogen-bond acceptors (Lipinski definition) is 7. The van der Waals surface area contributed by atoms with Gasteiger partial charge in [0.25, 0.3) is 5.91 Å². The zero-order valence-corrected chi connectivity index (χ0v) is 18.6. The molecule has 12 heteroatoms. The number of halogens is 1. The lowest BCUT2D eigenvalue weighted by Gasteiger charge is -2.30. The fraction of sp³-hybridized carbons (Fsp3) is 0.579. The Balaban J connectivity index is 1.51. The van der Waals surface area contributed by atoms with E-state index in [2.05, 4.69) is 5.32 Å². The number of amides is 1. The number of rotatable bonds is 6. The van der Waals surface area contributed by atoms with E-state index >= 15 is 0 Å². The number of carbonyl (C=O) groups is 2. The van der Waals surface area contributed by atoms with Crippen molar-refractivity contribution in [3.63, 3.8) is 0 Å². The lowest BCUT2D eigenvalue weighted by molar-refractivity contribution is -0.160. The predicted molar refractivity (Wildman–Crippen MR) is 109 cm³/mol. The van der Waals surface area contributed by atoms with Crippen molar-refractivity contribution < 1.29 is 35.6 Å². The van der Waals surface area contributed by atoms with Gasteiger partial charge < -0.3 is 10.1 Å². The summed E-state index contributed by atoms with van der Waals surface area (Å²) in [5, 5.41) is 2.57. The van der Waals surface area contributed by atoms with E-state index in [-0.39, 0.29) is 37.4 Å². The summed E-state index contributed by atoms with van der Waals surface area (Å²) in [5.41, 5.74) is 0. The van der Waals surface area contributed by atoms with Gasteiger partial charge in [0.05, 0.1) is 17.4 Å². The molecular weight excluding hydrogens is 451 g/mol. The van der Waals surface area contributed by atoms with Crippen molar-refractivity contribution in [1.29, 1.82) is 0 Å². The van der Waals surface area contributed by atoms with E-state index in [0.717, 1.165) is 10.4 Å². The minimum absolute atomic E-state index is 0.0144. The lowest BCUT2D eigenvalue weighted by atomic mass is 9.98. The first-order valence-corrected chi connectivity index (χ1v) is 13.2. The second kappa shape index (κ2) is 9.21. The molecule has 0 saturated carbocycles. The van der Waals surface area contributed by atoms with Crippen molar-refractivity contribution in [2.45, 2.75) is 43.2 Å². The molecule has 0 radical (unpaired) electrons. The Morgan fingerprint density at radius 3 is 2.42 bits per heavy atom. The van der Waals surface area contributed by atoms with Crippen LogP contribution < -0.4 is 5.32 Å². The summed E-state index contributed by atoms with van der Waals surface area (Å²) >= 11 is 0. The van der Waals surface area contributed by atoms with Gasteiger partial charge in [0.15, 0.2) is 15.9 Å². The molecule has 0 bridgehead atoms. The number of carbonyl (C=O) groups excluding carboxylic acids is 2. The van der Waals surface area contributed by atoms with Gasteiger partial charge in [0, 0.05) is 19.1 Å². The van der Waals surface area contributed by atoms with Crippen LogP contribution in [-0.4, -0.2) is 69.8 Å². The summed E-state index contributed by atoms with van der Waals surface area (Å²) in [6.07, 6.45) is -0.413. The maximum atomic E-state index is 13.9. The van der Waals surface area contributed by atoms with Crippen molar-refractivity contribution in [1.82, 2.24) is 9.62 Å². The van der Waals surface area contributed by atoms with Gasteiger partial charge >= 0.3 is 5.97 Å². The van der Waals surface area contributed by atoms with E-state index in [0.29, 0.717) is 6.42 Å². The summed E-state index contributed by atoms with van der Waals surface area (Å²) in [7, 11) is -7.16. The molecule has 0 aliphatic carbocycles. The molecule has 0 spiro atoms. The van der Waals surface area contributed by atoms with E-state index in [1.54, 1.807) is 0 Å². The minimum atomic E-state index is -4.01. The normalized spacial score (nSPS) is 23.2. The molecule has 2 heterocycles. The predicted octanol–water partition coefficient (Wildman–Crippen LogP) is 0.461. The van der Waals surface area contributed by atoms with Crippen molar-refractivity contribution >= 4 is 31.7 Å². The average Bonchev–Trinajstić information content (AvgIpc) is 3.06. The molecule has 3 rings (SSSR count). The summed E-state index contributed by atoms with van der Waals surface area (Å²) in [4.78, 5) is 24.2. The molecule has 31 heavy (non-hydrogen) atoms. The second-order valence-electron chi connectivity index (χ2n) is 7.80. The largest absolute Gasteiger partial charge is 0.452 e. The van der Waals surface area contributed by atoms with Gasteiger partial charge in [-0.15, -0.1) is 0 Å². The number of benzene rings is 1. The fourth-order valence-electron chi connectivity index (χ4n) is 3.68. The highest BCUT2D eigenvalue weighted by atomic mass is 32.2. The molecule has 2 atom stereocenters. The zero-order chi connectivity index (χ0) is 22.8. The van der Waals surface area contributed by atoms with E-state index in [1.807, 2.05) is 0 Å². The van der Waals surface area contributed by atoms with Crippen LogP contribution >= 0.6 is 0 Å². The monoisotopic (exact) mass is 476 g/mol. The highest BCUT2D eigenvalue weighted by Crippen LogP contribution is 2.26. The molecule has 1 N–H and O–H groups in total. The second-order valence-corrected chi connectivity index (χ2v) is 11.9. The van der Waals surface area contributed by atoms with Crippen LogP contribution in [0.3, 0.4) is 0 Å². The third-order valence-electron chi connectivity index (χ3n) is 5.48. The Hall–Kier alpha value is -2.05. The third-order valence-corrected chi connectivity index (χ3v) is 9.18. The van der Waals surface area contributed by atoms with Crippen LogP contribution in [0.2, 0.25) is 0 Å². The van der Waals surface area contributed by atoms with Crippen LogP contribution in [0.1, 0.15) is 26.2 Å². The zero-order valence-electron chi connectivity index (χ0n) is 17.0. The Labute approximate surface area is 180 Å². The SMILES string of the molecule is CC(OC(=O)C1CCN(S(=O)(=O)c2ccccc2F)CC1)C(=O)NC1CCS(=O)(=O)C1. The van der Waals surface area contributed by atoms with Crippen LogP contribution in [0.5, 0.6) is 0 Å². The molecule has 0 aromatic heterocycles. The van der Waals surface area contributed by atoms with Gasteiger partial charge in [-0.25, -0.2) is 21.2 Å². The fourth-order valence-corrected chi connectivity index (χ4v) is 6.88. The van der Waals surface area contributed by atoms with Crippen LogP contribution in [0.4, 0.5) is 4.39 Å². The Bertz CT molecular complexity index is 1050. The van der Waals surface area contributed by atoms with Crippen LogP contribution in [0.25, 0.3) is 0 Å². The molecule has 172 valence electrons. The molecule has 2 aliphatic rings. The van der Waals surface area contributed by atoms with Crippen LogP contribution in [-0.2, 0) is 34.2 Å². The number of nitrogens with one attached hydrogen (secondary N) is 1. The molecule has 2 saturated heterocycles. The van der Waals surface area contributed by atoms with Gasteiger partial charge in [-0.1, -0.05) is 12.1 Å².